The predicted molar refractivity (Wildman–Crippen MR) is 71.2 cm³/mol. The van der Waals surface area contributed by atoms with Crippen molar-refractivity contribution in [3.63, 3.8) is 0 Å². The first kappa shape index (κ1) is 13.2. The average Bonchev–Trinajstić information content (AvgIpc) is 2.39. The minimum atomic E-state index is -0.378. The molecule has 2 aromatic rings. The van der Waals surface area contributed by atoms with E-state index in [0.29, 0.717) is 17.9 Å². The molecule has 2 N–H and O–H groups in total. The van der Waals surface area contributed by atoms with Crippen molar-refractivity contribution < 1.29 is 4.79 Å². The van der Waals surface area contributed by atoms with Crippen molar-refractivity contribution in [1.29, 1.82) is 0 Å². The minimum absolute atomic E-state index is 0.130. The molecule has 0 aliphatic rings. The Morgan fingerprint density at radius 1 is 1.37 bits per heavy atom. The van der Waals surface area contributed by atoms with Crippen molar-refractivity contribution in [1.82, 2.24) is 20.2 Å². The Bertz CT molecular complexity index is 577. The molecule has 0 fully saturated rings. The maximum Gasteiger partial charge on any atom is 0.258 e. The van der Waals surface area contributed by atoms with Gasteiger partial charge in [-0.25, -0.2) is 9.97 Å². The van der Waals surface area contributed by atoms with Gasteiger partial charge in [-0.05, 0) is 19.1 Å². The van der Waals surface area contributed by atoms with Crippen LogP contribution in [0.3, 0.4) is 0 Å². The van der Waals surface area contributed by atoms with E-state index in [4.69, 9.17) is 11.6 Å². The van der Waals surface area contributed by atoms with Gasteiger partial charge in [-0.1, -0.05) is 11.6 Å². The molecule has 0 aliphatic heterocycles. The van der Waals surface area contributed by atoms with Crippen LogP contribution in [0.4, 0.5) is 11.8 Å². The van der Waals surface area contributed by atoms with Gasteiger partial charge in [0.25, 0.3) is 5.91 Å². The van der Waals surface area contributed by atoms with E-state index in [1.165, 1.54) is 18.5 Å². The molecule has 2 heterocycles. The van der Waals surface area contributed by atoms with Crippen molar-refractivity contribution in [2.75, 3.05) is 17.2 Å². The van der Waals surface area contributed by atoms with Crippen LogP contribution in [-0.4, -0.2) is 32.6 Å². The van der Waals surface area contributed by atoms with Gasteiger partial charge in [-0.2, -0.15) is 5.10 Å². The molecule has 2 aromatic heterocycles. The molecular weight excluding hydrogens is 268 g/mol. The van der Waals surface area contributed by atoms with E-state index < -0.39 is 0 Å². The number of carbonyl (C=O) groups excluding carboxylic acids is 1. The number of rotatable bonds is 4. The molecule has 2 rings (SSSR count). The fraction of sp³-hybridized carbons (Fsp3) is 0.182. The van der Waals surface area contributed by atoms with E-state index in [0.717, 1.165) is 0 Å². The second-order valence-electron chi connectivity index (χ2n) is 3.51. The van der Waals surface area contributed by atoms with E-state index in [2.05, 4.69) is 30.8 Å². The molecule has 98 valence electrons. The summed E-state index contributed by atoms with van der Waals surface area (Å²) >= 11 is 5.86. The van der Waals surface area contributed by atoms with E-state index >= 15 is 0 Å². The highest BCUT2D eigenvalue weighted by Crippen LogP contribution is 2.15. The van der Waals surface area contributed by atoms with Crippen molar-refractivity contribution >= 4 is 29.3 Å². The van der Waals surface area contributed by atoms with Crippen LogP contribution in [0.15, 0.2) is 24.5 Å². The Hall–Kier alpha value is -2.28. The molecule has 0 spiro atoms. The van der Waals surface area contributed by atoms with Gasteiger partial charge in [0, 0.05) is 12.1 Å². The summed E-state index contributed by atoms with van der Waals surface area (Å²) in [7, 11) is 0. The Morgan fingerprint density at radius 2 is 2.21 bits per heavy atom. The molecule has 0 bridgehead atoms. The molecule has 0 saturated carbocycles. The van der Waals surface area contributed by atoms with Gasteiger partial charge in [-0.3, -0.25) is 10.1 Å². The monoisotopic (exact) mass is 278 g/mol. The molecule has 0 saturated heterocycles. The Kier molecular flexibility index (Phi) is 4.19. The van der Waals surface area contributed by atoms with Gasteiger partial charge in [0.15, 0.2) is 0 Å². The third-order valence-corrected chi connectivity index (χ3v) is 2.32. The first-order chi connectivity index (χ1) is 9.19. The average molecular weight is 279 g/mol. The topological polar surface area (TPSA) is 92.7 Å². The predicted octanol–water partition coefficient (Wildman–Crippen LogP) is 1.60. The second-order valence-corrected chi connectivity index (χ2v) is 3.90. The van der Waals surface area contributed by atoms with Gasteiger partial charge in [-0.15, -0.1) is 5.10 Å². The van der Waals surface area contributed by atoms with Gasteiger partial charge in [0.2, 0.25) is 5.95 Å². The Morgan fingerprint density at radius 3 is 2.89 bits per heavy atom. The van der Waals surface area contributed by atoms with Crippen LogP contribution >= 0.6 is 11.6 Å². The first-order valence-corrected chi connectivity index (χ1v) is 5.93. The number of nitrogens with one attached hydrogen (secondary N) is 2. The summed E-state index contributed by atoms with van der Waals surface area (Å²) in [5, 5.41) is 13.0. The lowest BCUT2D eigenvalue weighted by atomic mass is 10.2. The van der Waals surface area contributed by atoms with Crippen molar-refractivity contribution in [3.8, 4) is 0 Å². The van der Waals surface area contributed by atoms with Gasteiger partial charge >= 0.3 is 0 Å². The standard InChI is InChI=1S/C11H11ClN6O/c1-2-13-9-6-7(5-8(12)16-9)10(19)17-11-14-3-4-15-18-11/h3-6H,2H2,1H3,(H,13,16)(H,14,17,18,19). The zero-order chi connectivity index (χ0) is 13.7. The van der Waals surface area contributed by atoms with Crippen molar-refractivity contribution in [2.24, 2.45) is 0 Å². The third-order valence-electron chi connectivity index (χ3n) is 2.12. The number of carbonyl (C=O) groups is 1. The smallest absolute Gasteiger partial charge is 0.258 e. The summed E-state index contributed by atoms with van der Waals surface area (Å²) < 4.78 is 0. The van der Waals surface area contributed by atoms with Crippen LogP contribution in [0, 0.1) is 0 Å². The van der Waals surface area contributed by atoms with Crippen LogP contribution in [0.2, 0.25) is 5.15 Å². The summed E-state index contributed by atoms with van der Waals surface area (Å²) in [5.74, 6) is 0.286. The highest BCUT2D eigenvalue weighted by atomic mass is 35.5. The van der Waals surface area contributed by atoms with Gasteiger partial charge in [0.1, 0.15) is 11.0 Å². The summed E-state index contributed by atoms with van der Waals surface area (Å²) in [6.07, 6.45) is 2.86. The van der Waals surface area contributed by atoms with Gasteiger partial charge in [0.05, 0.1) is 12.4 Å². The van der Waals surface area contributed by atoms with E-state index in [9.17, 15) is 4.79 Å². The normalized spacial score (nSPS) is 10.0. The van der Waals surface area contributed by atoms with Crippen LogP contribution in [0.25, 0.3) is 0 Å². The Balaban J connectivity index is 2.19. The first-order valence-electron chi connectivity index (χ1n) is 5.55. The van der Waals surface area contributed by atoms with E-state index in [1.54, 1.807) is 6.07 Å². The zero-order valence-corrected chi connectivity index (χ0v) is 10.8. The number of amides is 1. The number of halogens is 1. The number of nitrogens with zero attached hydrogens (tertiary/aromatic N) is 4. The summed E-state index contributed by atoms with van der Waals surface area (Å²) in [4.78, 5) is 19.9. The van der Waals surface area contributed by atoms with E-state index in [-0.39, 0.29) is 17.0 Å². The molecular formula is C11H11ClN6O. The summed E-state index contributed by atoms with van der Waals surface area (Å²) in [6.45, 7) is 2.60. The fourth-order valence-corrected chi connectivity index (χ4v) is 1.59. The van der Waals surface area contributed by atoms with Crippen molar-refractivity contribution in [3.05, 3.63) is 35.2 Å². The fourth-order valence-electron chi connectivity index (χ4n) is 1.38. The van der Waals surface area contributed by atoms with Crippen LogP contribution in [0.5, 0.6) is 0 Å². The molecule has 0 radical (unpaired) electrons. The lowest BCUT2D eigenvalue weighted by Gasteiger charge is -2.06. The third kappa shape index (κ3) is 3.59. The number of hydrogen-bond acceptors (Lipinski definition) is 6. The molecule has 0 unspecified atom stereocenters. The largest absolute Gasteiger partial charge is 0.370 e. The Labute approximate surface area is 114 Å². The lowest BCUT2D eigenvalue weighted by Crippen LogP contribution is -2.15. The molecule has 0 aromatic carbocycles. The number of pyridine rings is 1. The van der Waals surface area contributed by atoms with Crippen LogP contribution < -0.4 is 10.6 Å². The SMILES string of the molecule is CCNc1cc(C(=O)Nc2nccnn2)cc(Cl)n1. The molecule has 0 aliphatic carbocycles. The molecule has 0 atom stereocenters. The van der Waals surface area contributed by atoms with Gasteiger partial charge < -0.3 is 5.32 Å². The van der Waals surface area contributed by atoms with Crippen molar-refractivity contribution in [2.45, 2.75) is 6.92 Å². The highest BCUT2D eigenvalue weighted by molar-refractivity contribution is 6.30. The lowest BCUT2D eigenvalue weighted by molar-refractivity contribution is 0.102. The van der Waals surface area contributed by atoms with Crippen LogP contribution in [-0.2, 0) is 0 Å². The molecule has 1 amide bonds. The number of anilines is 2. The van der Waals surface area contributed by atoms with Crippen LogP contribution in [0.1, 0.15) is 17.3 Å². The zero-order valence-electron chi connectivity index (χ0n) is 10.1. The maximum absolute atomic E-state index is 12.0. The molecule has 19 heavy (non-hydrogen) atoms. The van der Waals surface area contributed by atoms with E-state index in [1.807, 2.05) is 6.92 Å². The quantitative estimate of drug-likeness (QED) is 0.825. The highest BCUT2D eigenvalue weighted by Gasteiger charge is 2.10. The number of hydrogen-bond donors (Lipinski definition) is 2. The maximum atomic E-state index is 12.0. The molecule has 8 heteroatoms. The number of aromatic nitrogens is 4. The second kappa shape index (κ2) is 6.05. The molecule has 7 nitrogen and oxygen atoms in total. The minimum Gasteiger partial charge on any atom is -0.370 e. The summed E-state index contributed by atoms with van der Waals surface area (Å²) in [6, 6.07) is 3.06. The summed E-state index contributed by atoms with van der Waals surface area (Å²) in [5.41, 5.74) is 0.364.